The highest BCUT2D eigenvalue weighted by Crippen LogP contribution is 2.30. The fourth-order valence-corrected chi connectivity index (χ4v) is 6.03. The quantitative estimate of drug-likeness (QED) is 0.340. The van der Waals surface area contributed by atoms with Crippen molar-refractivity contribution < 1.29 is 13.2 Å². The monoisotopic (exact) mass is 500 g/mol. The van der Waals surface area contributed by atoms with Crippen molar-refractivity contribution in [2.45, 2.75) is 24.3 Å². The van der Waals surface area contributed by atoms with Gasteiger partial charge in [-0.05, 0) is 43.7 Å². The van der Waals surface area contributed by atoms with Gasteiger partial charge in [0.2, 0.25) is 10.0 Å². The van der Waals surface area contributed by atoms with Gasteiger partial charge in [0, 0.05) is 43.9 Å². The van der Waals surface area contributed by atoms with Crippen molar-refractivity contribution in [2.24, 2.45) is 7.05 Å². The van der Waals surface area contributed by atoms with Gasteiger partial charge in [-0.2, -0.15) is 4.31 Å². The summed E-state index contributed by atoms with van der Waals surface area (Å²) in [4.78, 5) is 22.1. The highest BCUT2D eigenvalue weighted by atomic mass is 35.5. The largest absolute Gasteiger partial charge is 0.385 e. The zero-order valence-corrected chi connectivity index (χ0v) is 20.7. The molecular weight excluding hydrogens is 476 g/mol. The molecule has 4 aromatic rings. The van der Waals surface area contributed by atoms with E-state index in [4.69, 9.17) is 16.3 Å². The zero-order chi connectivity index (χ0) is 24.5. The molecule has 1 atom stereocenters. The molecular formula is C24H25ClN4O4S. The van der Waals surface area contributed by atoms with Crippen molar-refractivity contribution >= 4 is 43.4 Å². The van der Waals surface area contributed by atoms with Crippen LogP contribution < -0.4 is 5.56 Å². The summed E-state index contributed by atoms with van der Waals surface area (Å²) in [7, 11) is -0.856. The lowest BCUT2D eigenvalue weighted by Crippen LogP contribution is -2.38. The van der Waals surface area contributed by atoms with E-state index in [2.05, 4.69) is 9.97 Å². The number of halogens is 1. The Labute approximate surface area is 202 Å². The minimum absolute atomic E-state index is 0.101. The van der Waals surface area contributed by atoms with Gasteiger partial charge in [-0.1, -0.05) is 29.8 Å². The number of rotatable bonds is 8. The minimum atomic E-state index is -4.01. The Morgan fingerprint density at radius 2 is 1.94 bits per heavy atom. The molecule has 2 aromatic carbocycles. The first-order chi connectivity index (χ1) is 16.3. The van der Waals surface area contributed by atoms with Gasteiger partial charge in [0.05, 0.1) is 22.5 Å². The lowest BCUT2D eigenvalue weighted by Gasteiger charge is -2.29. The molecule has 34 heavy (non-hydrogen) atoms. The van der Waals surface area contributed by atoms with Crippen LogP contribution in [0.1, 0.15) is 25.2 Å². The molecule has 10 heteroatoms. The normalized spacial score (nSPS) is 13.1. The van der Waals surface area contributed by atoms with E-state index < -0.39 is 16.1 Å². The van der Waals surface area contributed by atoms with E-state index in [1.807, 2.05) is 12.1 Å². The maximum atomic E-state index is 14.0. The molecule has 0 N–H and O–H groups in total. The van der Waals surface area contributed by atoms with Crippen molar-refractivity contribution in [3.8, 4) is 0 Å². The third-order valence-corrected chi connectivity index (χ3v) is 8.03. The molecule has 4 rings (SSSR count). The number of para-hydroxylation sites is 1. The number of nitrogens with zero attached hydrogens (tertiary/aromatic N) is 4. The van der Waals surface area contributed by atoms with Crippen LogP contribution in [0.2, 0.25) is 5.02 Å². The van der Waals surface area contributed by atoms with E-state index in [-0.39, 0.29) is 17.0 Å². The Balaban J connectivity index is 1.87. The molecule has 0 radical (unpaired) electrons. The number of benzene rings is 2. The molecule has 0 bridgehead atoms. The third-order valence-electron chi connectivity index (χ3n) is 5.79. The summed E-state index contributed by atoms with van der Waals surface area (Å²) in [5.74, 6) is 0.314. The predicted octanol–water partition coefficient (Wildman–Crippen LogP) is 3.92. The van der Waals surface area contributed by atoms with Crippen LogP contribution in [0.5, 0.6) is 0 Å². The summed E-state index contributed by atoms with van der Waals surface area (Å²) >= 11 is 6.12. The Bertz CT molecular complexity index is 1520. The Morgan fingerprint density at radius 1 is 1.18 bits per heavy atom. The van der Waals surface area contributed by atoms with Crippen LogP contribution in [-0.4, -0.2) is 47.5 Å². The third kappa shape index (κ3) is 4.44. The van der Waals surface area contributed by atoms with E-state index in [0.29, 0.717) is 40.3 Å². The molecule has 0 fully saturated rings. The lowest BCUT2D eigenvalue weighted by atomic mass is 10.2. The van der Waals surface area contributed by atoms with Gasteiger partial charge in [-0.15, -0.1) is 0 Å². The molecule has 1 unspecified atom stereocenters. The van der Waals surface area contributed by atoms with E-state index in [9.17, 15) is 13.2 Å². The second kappa shape index (κ2) is 9.79. The summed E-state index contributed by atoms with van der Waals surface area (Å²) in [6.45, 7) is 2.28. The van der Waals surface area contributed by atoms with Crippen molar-refractivity contribution in [3.05, 3.63) is 75.9 Å². The first-order valence-corrected chi connectivity index (χ1v) is 12.6. The van der Waals surface area contributed by atoms with Crippen molar-refractivity contribution in [1.82, 2.24) is 18.8 Å². The first kappa shape index (κ1) is 24.3. The average molecular weight is 501 g/mol. The van der Waals surface area contributed by atoms with E-state index in [0.717, 1.165) is 5.39 Å². The van der Waals surface area contributed by atoms with Crippen LogP contribution in [-0.2, 0) is 21.8 Å². The van der Waals surface area contributed by atoms with Gasteiger partial charge in [-0.3, -0.25) is 14.3 Å². The van der Waals surface area contributed by atoms with Crippen LogP contribution in [0.3, 0.4) is 0 Å². The molecule has 0 aliphatic carbocycles. The van der Waals surface area contributed by atoms with Crippen LogP contribution in [0, 0.1) is 0 Å². The average Bonchev–Trinajstić information content (AvgIpc) is 2.83. The molecule has 0 spiro atoms. The Hall–Kier alpha value is -2.85. The fourth-order valence-electron chi connectivity index (χ4n) is 4.06. The summed E-state index contributed by atoms with van der Waals surface area (Å²) in [5, 5.41) is 1.58. The van der Waals surface area contributed by atoms with Gasteiger partial charge < -0.3 is 4.74 Å². The van der Waals surface area contributed by atoms with Crippen LogP contribution in [0.25, 0.3) is 21.8 Å². The molecule has 2 aromatic heterocycles. The van der Waals surface area contributed by atoms with Gasteiger partial charge in [0.25, 0.3) is 5.56 Å². The maximum Gasteiger partial charge on any atom is 0.261 e. The number of pyridine rings is 1. The number of hydrogen-bond acceptors (Lipinski definition) is 6. The first-order valence-electron chi connectivity index (χ1n) is 10.8. The molecule has 0 saturated carbocycles. The smallest absolute Gasteiger partial charge is 0.261 e. The number of fused-ring (bicyclic) bond motifs is 2. The highest BCUT2D eigenvalue weighted by molar-refractivity contribution is 7.89. The highest BCUT2D eigenvalue weighted by Gasteiger charge is 2.33. The van der Waals surface area contributed by atoms with Gasteiger partial charge in [-0.25, -0.2) is 13.4 Å². The van der Waals surface area contributed by atoms with Crippen LogP contribution in [0.4, 0.5) is 0 Å². The van der Waals surface area contributed by atoms with Crippen molar-refractivity contribution in [3.63, 3.8) is 0 Å². The van der Waals surface area contributed by atoms with Crippen LogP contribution in [0.15, 0.2) is 64.4 Å². The zero-order valence-electron chi connectivity index (χ0n) is 19.1. The number of aromatic nitrogens is 3. The molecule has 178 valence electrons. The maximum absolute atomic E-state index is 14.0. The Kier molecular flexibility index (Phi) is 6.99. The SMILES string of the molecule is COCCCN(C(C)c1nc2cc(Cl)ccc2c(=O)n1C)S(=O)(=O)c1cccc2cccnc12. The molecule has 0 aliphatic heterocycles. The predicted molar refractivity (Wildman–Crippen MR) is 133 cm³/mol. The van der Waals surface area contributed by atoms with Gasteiger partial charge in [0.15, 0.2) is 0 Å². The van der Waals surface area contributed by atoms with E-state index in [1.165, 1.54) is 8.87 Å². The molecule has 8 nitrogen and oxygen atoms in total. The standard InChI is InChI=1S/C24H25ClN4O4S/c1-16(23-27-20-15-18(25)10-11-19(20)24(30)28(23)2)29(13-6-14-33-3)34(31,32)21-9-4-7-17-8-5-12-26-22(17)21/h4-5,7-12,15-16H,6,13-14H2,1-3H3. The summed E-state index contributed by atoms with van der Waals surface area (Å²) in [5.41, 5.74) is 0.532. The van der Waals surface area contributed by atoms with Crippen LogP contribution >= 0.6 is 11.6 Å². The van der Waals surface area contributed by atoms with E-state index in [1.54, 1.807) is 63.7 Å². The number of methoxy groups -OCH3 is 1. The van der Waals surface area contributed by atoms with Crippen molar-refractivity contribution in [2.75, 3.05) is 20.3 Å². The topological polar surface area (TPSA) is 94.4 Å². The van der Waals surface area contributed by atoms with Crippen molar-refractivity contribution in [1.29, 1.82) is 0 Å². The molecule has 0 amide bonds. The fraction of sp³-hybridized carbons (Fsp3) is 0.292. The van der Waals surface area contributed by atoms with Gasteiger partial charge in [0.1, 0.15) is 10.7 Å². The second-order valence-corrected chi connectivity index (χ2v) is 10.3. The Morgan fingerprint density at radius 3 is 2.71 bits per heavy atom. The minimum Gasteiger partial charge on any atom is -0.385 e. The van der Waals surface area contributed by atoms with Gasteiger partial charge >= 0.3 is 0 Å². The second-order valence-electron chi connectivity index (χ2n) is 7.96. The molecule has 0 aliphatic rings. The molecule has 2 heterocycles. The summed E-state index contributed by atoms with van der Waals surface area (Å²) in [6.07, 6.45) is 2.03. The number of hydrogen-bond donors (Lipinski definition) is 0. The summed E-state index contributed by atoms with van der Waals surface area (Å²) < 4.78 is 35.9. The number of sulfonamides is 1. The van der Waals surface area contributed by atoms with E-state index >= 15 is 0 Å². The molecule has 0 saturated heterocycles. The summed E-state index contributed by atoms with van der Waals surface area (Å²) in [6, 6.07) is 12.7. The number of ether oxygens (including phenoxy) is 1. The lowest BCUT2D eigenvalue weighted by molar-refractivity contribution is 0.182.